The van der Waals surface area contributed by atoms with Crippen LogP contribution in [0.15, 0.2) is 41.3 Å². The Hall–Kier alpha value is -3.27. The van der Waals surface area contributed by atoms with Crippen LogP contribution < -0.4 is 14.8 Å². The lowest BCUT2D eigenvalue weighted by atomic mass is 10.2. The molecule has 0 heterocycles. The van der Waals surface area contributed by atoms with E-state index in [0.29, 0.717) is 22.1 Å². The molecule has 0 aliphatic carbocycles. The number of nitrogens with zero attached hydrogens (tertiary/aromatic N) is 1. The molecule has 1 amide bonds. The Morgan fingerprint density at radius 3 is 2.50 bits per heavy atom. The fraction of sp³-hybridized carbons (Fsp3) is 0.222. The molecular formula is C18H18N2O7S. The van der Waals surface area contributed by atoms with E-state index in [4.69, 9.17) is 14.2 Å². The zero-order chi connectivity index (χ0) is 20.7. The van der Waals surface area contributed by atoms with Crippen molar-refractivity contribution in [1.82, 2.24) is 0 Å². The van der Waals surface area contributed by atoms with Gasteiger partial charge < -0.3 is 19.5 Å². The number of hydrogen-bond donors (Lipinski definition) is 1. The SMILES string of the molecule is COc1ccc(NC(=O)COC(=O)c2ccc(SC)c([N+](=O)[O-])c2)c(OC)c1. The maximum atomic E-state index is 12.1. The van der Waals surface area contributed by atoms with Crippen LogP contribution in [0.25, 0.3) is 0 Å². The van der Waals surface area contributed by atoms with Gasteiger partial charge in [-0.15, -0.1) is 11.8 Å². The molecule has 0 aromatic heterocycles. The van der Waals surface area contributed by atoms with Crippen molar-refractivity contribution < 1.29 is 28.7 Å². The number of carbonyl (C=O) groups excluding carboxylic acids is 2. The van der Waals surface area contributed by atoms with Crippen molar-refractivity contribution in [1.29, 1.82) is 0 Å². The molecule has 148 valence electrons. The highest BCUT2D eigenvalue weighted by Gasteiger charge is 2.19. The molecule has 2 rings (SSSR count). The number of nitrogens with one attached hydrogen (secondary N) is 1. The van der Waals surface area contributed by atoms with Crippen LogP contribution in [-0.2, 0) is 9.53 Å². The van der Waals surface area contributed by atoms with Gasteiger partial charge >= 0.3 is 5.97 Å². The van der Waals surface area contributed by atoms with Crippen molar-refractivity contribution in [3.63, 3.8) is 0 Å². The van der Waals surface area contributed by atoms with Gasteiger partial charge in [-0.1, -0.05) is 0 Å². The van der Waals surface area contributed by atoms with Gasteiger partial charge in [0.1, 0.15) is 11.5 Å². The first-order valence-corrected chi connectivity index (χ1v) is 9.13. The molecule has 1 N–H and O–H groups in total. The summed E-state index contributed by atoms with van der Waals surface area (Å²) in [5.41, 5.74) is 0.165. The molecule has 0 saturated carbocycles. The molecule has 2 aromatic carbocycles. The van der Waals surface area contributed by atoms with Gasteiger partial charge in [0.05, 0.1) is 35.3 Å². The fourth-order valence-corrected chi connectivity index (χ4v) is 2.81. The van der Waals surface area contributed by atoms with Crippen molar-refractivity contribution >= 4 is 35.0 Å². The molecule has 9 nitrogen and oxygen atoms in total. The second-order valence-corrected chi connectivity index (χ2v) is 6.18. The third-order valence-electron chi connectivity index (χ3n) is 3.63. The molecule has 0 radical (unpaired) electrons. The fourth-order valence-electron chi connectivity index (χ4n) is 2.26. The maximum absolute atomic E-state index is 12.1. The summed E-state index contributed by atoms with van der Waals surface area (Å²) in [4.78, 5) is 35.1. The molecule has 2 aromatic rings. The van der Waals surface area contributed by atoms with Crippen LogP contribution in [0.5, 0.6) is 11.5 Å². The van der Waals surface area contributed by atoms with Gasteiger partial charge in [0, 0.05) is 12.1 Å². The minimum absolute atomic E-state index is 0.0145. The second kappa shape index (κ2) is 9.60. The van der Waals surface area contributed by atoms with E-state index < -0.39 is 23.4 Å². The molecule has 0 aliphatic heterocycles. The average molecular weight is 406 g/mol. The zero-order valence-electron chi connectivity index (χ0n) is 15.4. The number of ether oxygens (including phenoxy) is 3. The second-order valence-electron chi connectivity index (χ2n) is 5.33. The van der Waals surface area contributed by atoms with Crippen LogP contribution in [0.3, 0.4) is 0 Å². The van der Waals surface area contributed by atoms with Gasteiger partial charge in [0.25, 0.3) is 11.6 Å². The third-order valence-corrected chi connectivity index (χ3v) is 4.41. The first-order valence-electron chi connectivity index (χ1n) is 7.91. The molecule has 0 fully saturated rings. The molecule has 0 spiro atoms. The Balaban J connectivity index is 2.02. The quantitative estimate of drug-likeness (QED) is 0.308. The van der Waals surface area contributed by atoms with Crippen LogP contribution in [-0.4, -0.2) is 43.9 Å². The lowest BCUT2D eigenvalue weighted by Gasteiger charge is -2.12. The van der Waals surface area contributed by atoms with Crippen molar-refractivity contribution in [2.24, 2.45) is 0 Å². The number of nitro groups is 1. The number of rotatable bonds is 8. The molecule has 0 atom stereocenters. The molecule has 0 saturated heterocycles. The van der Waals surface area contributed by atoms with Crippen LogP contribution in [0.1, 0.15) is 10.4 Å². The van der Waals surface area contributed by atoms with Crippen molar-refractivity contribution in [3.8, 4) is 11.5 Å². The minimum atomic E-state index is -0.840. The molecule has 0 bridgehead atoms. The number of benzene rings is 2. The first-order chi connectivity index (χ1) is 13.4. The topological polar surface area (TPSA) is 117 Å². The largest absolute Gasteiger partial charge is 0.497 e. The van der Waals surface area contributed by atoms with E-state index in [1.807, 2.05) is 0 Å². The number of carbonyl (C=O) groups is 2. The highest BCUT2D eigenvalue weighted by molar-refractivity contribution is 7.98. The number of esters is 1. The summed E-state index contributed by atoms with van der Waals surface area (Å²) < 4.78 is 15.2. The molecule has 0 unspecified atom stereocenters. The number of methoxy groups -OCH3 is 2. The van der Waals surface area contributed by atoms with Crippen molar-refractivity contribution in [2.45, 2.75) is 4.90 Å². The Bertz CT molecular complexity index is 901. The smallest absolute Gasteiger partial charge is 0.338 e. The third kappa shape index (κ3) is 5.13. The van der Waals surface area contributed by atoms with Gasteiger partial charge in [0.15, 0.2) is 6.61 Å². The van der Waals surface area contributed by atoms with Crippen LogP contribution in [0.2, 0.25) is 0 Å². The minimum Gasteiger partial charge on any atom is -0.497 e. The van der Waals surface area contributed by atoms with Gasteiger partial charge in [0.2, 0.25) is 0 Å². The summed E-state index contributed by atoms with van der Waals surface area (Å²) in [5.74, 6) is -0.501. The number of thioether (sulfide) groups is 1. The van der Waals surface area contributed by atoms with Gasteiger partial charge in [-0.25, -0.2) is 4.79 Å². The lowest BCUT2D eigenvalue weighted by molar-refractivity contribution is -0.387. The van der Waals surface area contributed by atoms with E-state index in [0.717, 1.165) is 6.07 Å². The van der Waals surface area contributed by atoms with E-state index in [1.165, 1.54) is 38.1 Å². The van der Waals surface area contributed by atoms with Crippen LogP contribution >= 0.6 is 11.8 Å². The van der Waals surface area contributed by atoms with Crippen molar-refractivity contribution in [3.05, 3.63) is 52.1 Å². The number of hydrogen-bond acceptors (Lipinski definition) is 8. The predicted octanol–water partition coefficient (Wildman–Crippen LogP) is 3.13. The van der Waals surface area contributed by atoms with Gasteiger partial charge in [-0.3, -0.25) is 14.9 Å². The van der Waals surface area contributed by atoms with Crippen molar-refractivity contribution in [2.75, 3.05) is 32.4 Å². The van der Waals surface area contributed by atoms with E-state index in [-0.39, 0.29) is 11.3 Å². The monoisotopic (exact) mass is 406 g/mol. The lowest BCUT2D eigenvalue weighted by Crippen LogP contribution is -2.21. The molecule has 0 aliphatic rings. The Morgan fingerprint density at radius 1 is 1.14 bits per heavy atom. The highest BCUT2D eigenvalue weighted by atomic mass is 32.2. The summed E-state index contributed by atoms with van der Waals surface area (Å²) in [6, 6.07) is 8.80. The van der Waals surface area contributed by atoms with Gasteiger partial charge in [-0.05, 0) is 30.5 Å². The summed E-state index contributed by atoms with van der Waals surface area (Å²) >= 11 is 1.19. The molecular weight excluding hydrogens is 388 g/mol. The normalized spacial score (nSPS) is 10.1. The predicted molar refractivity (Wildman–Crippen MR) is 103 cm³/mol. The highest BCUT2D eigenvalue weighted by Crippen LogP contribution is 2.29. The first kappa shape index (κ1) is 21.0. The van der Waals surface area contributed by atoms with E-state index >= 15 is 0 Å². The van der Waals surface area contributed by atoms with E-state index in [1.54, 1.807) is 24.5 Å². The summed E-state index contributed by atoms with van der Waals surface area (Å²) in [7, 11) is 2.94. The summed E-state index contributed by atoms with van der Waals surface area (Å²) in [5, 5.41) is 13.6. The van der Waals surface area contributed by atoms with E-state index in [2.05, 4.69) is 5.32 Å². The number of anilines is 1. The molecule has 10 heteroatoms. The maximum Gasteiger partial charge on any atom is 0.338 e. The number of amides is 1. The Kier molecular flexibility index (Phi) is 7.21. The number of nitro benzene ring substituents is 1. The summed E-state index contributed by atoms with van der Waals surface area (Å²) in [6.07, 6.45) is 1.69. The van der Waals surface area contributed by atoms with Gasteiger partial charge in [-0.2, -0.15) is 0 Å². The Morgan fingerprint density at radius 2 is 1.89 bits per heavy atom. The zero-order valence-corrected chi connectivity index (χ0v) is 16.2. The van der Waals surface area contributed by atoms with E-state index in [9.17, 15) is 19.7 Å². The van der Waals surface area contributed by atoms with Crippen LogP contribution in [0, 0.1) is 10.1 Å². The van der Waals surface area contributed by atoms with Crippen LogP contribution in [0.4, 0.5) is 11.4 Å². The summed E-state index contributed by atoms with van der Waals surface area (Å²) in [6.45, 7) is -0.563. The molecule has 28 heavy (non-hydrogen) atoms. The average Bonchev–Trinajstić information content (AvgIpc) is 2.71. The Labute approximate surface area is 165 Å². The standard InChI is InChI=1S/C18H18N2O7S/c1-25-12-5-6-13(15(9-12)26-2)19-17(21)10-27-18(22)11-4-7-16(28-3)14(8-11)20(23)24/h4-9H,10H2,1-3H3,(H,19,21).